The smallest absolute Gasteiger partial charge is 0.356 e. The molecule has 0 saturated carbocycles. The molecule has 0 unspecified atom stereocenters. The van der Waals surface area contributed by atoms with Gasteiger partial charge in [0.1, 0.15) is 0 Å². The summed E-state index contributed by atoms with van der Waals surface area (Å²) in [5.74, 6) is -3.91. The minimum atomic E-state index is -2.74. The molecule has 0 aromatic carbocycles. The molecule has 1 aromatic rings. The summed E-state index contributed by atoms with van der Waals surface area (Å²) in [6, 6.07) is 0. The van der Waals surface area contributed by atoms with Gasteiger partial charge in [-0.2, -0.15) is 5.10 Å². The molecule has 2 N–H and O–H groups in total. The number of H-pyrrole nitrogens is 1. The Hall–Kier alpha value is -1.46. The molecule has 2 rings (SSSR count). The fourth-order valence-electron chi connectivity index (χ4n) is 1.65. The third kappa shape index (κ3) is 1.36. The Morgan fingerprint density at radius 3 is 2.93 bits per heavy atom. The molecule has 4 nitrogen and oxygen atoms in total. The molecule has 0 bridgehead atoms. The predicted octanol–water partition coefficient (Wildman–Crippen LogP) is 1.23. The summed E-state index contributed by atoms with van der Waals surface area (Å²) in [5, 5.41) is 14.5. The van der Waals surface area contributed by atoms with Crippen LogP contribution in [0.5, 0.6) is 0 Å². The van der Waals surface area contributed by atoms with Crippen LogP contribution in [0.25, 0.3) is 0 Å². The SMILES string of the molecule is O=C(O)c1n[nH]c2c1CCC(F)(F)C2. The van der Waals surface area contributed by atoms with E-state index in [4.69, 9.17) is 5.11 Å². The molecule has 0 fully saturated rings. The van der Waals surface area contributed by atoms with E-state index < -0.39 is 18.3 Å². The second-order valence-electron chi connectivity index (χ2n) is 3.37. The van der Waals surface area contributed by atoms with E-state index in [1.54, 1.807) is 0 Å². The number of carboxylic acids is 1. The first-order valence-corrected chi connectivity index (χ1v) is 4.17. The summed E-state index contributed by atoms with van der Waals surface area (Å²) >= 11 is 0. The fraction of sp³-hybridized carbons (Fsp3) is 0.500. The van der Waals surface area contributed by atoms with Crippen LogP contribution in [-0.4, -0.2) is 27.2 Å². The van der Waals surface area contributed by atoms with E-state index in [1.807, 2.05) is 0 Å². The molecule has 14 heavy (non-hydrogen) atoms. The zero-order valence-corrected chi connectivity index (χ0v) is 7.18. The van der Waals surface area contributed by atoms with Crippen molar-refractivity contribution in [1.82, 2.24) is 10.2 Å². The Balaban J connectivity index is 2.39. The predicted molar refractivity (Wildman–Crippen MR) is 42.5 cm³/mol. The third-order valence-corrected chi connectivity index (χ3v) is 2.33. The van der Waals surface area contributed by atoms with Crippen LogP contribution in [0.2, 0.25) is 0 Å². The molecule has 0 saturated heterocycles. The van der Waals surface area contributed by atoms with E-state index in [0.717, 1.165) is 0 Å². The normalized spacial score (nSPS) is 19.0. The highest BCUT2D eigenvalue weighted by Gasteiger charge is 2.37. The molecule has 1 aliphatic carbocycles. The van der Waals surface area contributed by atoms with E-state index in [9.17, 15) is 13.6 Å². The highest BCUT2D eigenvalue weighted by atomic mass is 19.3. The van der Waals surface area contributed by atoms with Gasteiger partial charge < -0.3 is 5.11 Å². The van der Waals surface area contributed by atoms with Gasteiger partial charge in [0.15, 0.2) is 5.69 Å². The summed E-state index contributed by atoms with van der Waals surface area (Å²) in [4.78, 5) is 10.6. The largest absolute Gasteiger partial charge is 0.476 e. The first-order valence-electron chi connectivity index (χ1n) is 4.17. The van der Waals surface area contributed by atoms with E-state index in [1.165, 1.54) is 0 Å². The van der Waals surface area contributed by atoms with Crippen molar-refractivity contribution in [2.45, 2.75) is 25.2 Å². The van der Waals surface area contributed by atoms with Gasteiger partial charge in [0.2, 0.25) is 0 Å². The number of carbonyl (C=O) groups is 1. The zero-order valence-electron chi connectivity index (χ0n) is 7.18. The number of hydrogen-bond donors (Lipinski definition) is 2. The number of aromatic amines is 1. The van der Waals surface area contributed by atoms with E-state index in [2.05, 4.69) is 10.2 Å². The van der Waals surface area contributed by atoms with Crippen LogP contribution >= 0.6 is 0 Å². The summed E-state index contributed by atoms with van der Waals surface area (Å²) in [7, 11) is 0. The number of fused-ring (bicyclic) bond motifs is 1. The first kappa shape index (κ1) is 9.11. The minimum absolute atomic E-state index is 0.0699. The molecule has 1 heterocycles. The number of halogens is 2. The number of carboxylic acid groups (broad SMARTS) is 1. The van der Waals surface area contributed by atoms with Crippen molar-refractivity contribution >= 4 is 5.97 Å². The van der Waals surface area contributed by atoms with Crippen molar-refractivity contribution in [3.05, 3.63) is 17.0 Å². The van der Waals surface area contributed by atoms with Gasteiger partial charge in [0, 0.05) is 17.7 Å². The van der Waals surface area contributed by atoms with Gasteiger partial charge in [-0.3, -0.25) is 5.10 Å². The standard InChI is InChI=1S/C8H8F2N2O2/c9-8(10)2-1-4-5(3-8)11-12-6(4)7(13)14/h1-3H2,(H,11,12)(H,13,14). The Bertz CT molecular complexity index is 387. The fourth-order valence-corrected chi connectivity index (χ4v) is 1.65. The summed E-state index contributed by atoms with van der Waals surface area (Å²) in [6.45, 7) is 0. The zero-order chi connectivity index (χ0) is 10.3. The molecule has 6 heteroatoms. The van der Waals surface area contributed by atoms with Crippen molar-refractivity contribution in [2.75, 3.05) is 0 Å². The van der Waals surface area contributed by atoms with Crippen molar-refractivity contribution in [1.29, 1.82) is 0 Å². The highest BCUT2D eigenvalue weighted by Crippen LogP contribution is 2.33. The molecule has 0 spiro atoms. The minimum Gasteiger partial charge on any atom is -0.476 e. The third-order valence-electron chi connectivity index (χ3n) is 2.33. The lowest BCUT2D eigenvalue weighted by atomic mass is 9.93. The van der Waals surface area contributed by atoms with Gasteiger partial charge in [0.25, 0.3) is 5.92 Å². The number of alkyl halides is 2. The quantitative estimate of drug-likeness (QED) is 0.719. The molecule has 0 aliphatic heterocycles. The molecule has 0 amide bonds. The van der Waals surface area contributed by atoms with Gasteiger partial charge in [0.05, 0.1) is 6.42 Å². The van der Waals surface area contributed by atoms with E-state index >= 15 is 0 Å². The van der Waals surface area contributed by atoms with Crippen LogP contribution in [-0.2, 0) is 12.8 Å². The molecule has 76 valence electrons. The van der Waals surface area contributed by atoms with Crippen LogP contribution in [0.1, 0.15) is 28.2 Å². The van der Waals surface area contributed by atoms with Crippen LogP contribution in [0, 0.1) is 0 Å². The maximum atomic E-state index is 12.9. The summed E-state index contributed by atoms with van der Waals surface area (Å²) in [5.41, 5.74) is 0.539. The summed E-state index contributed by atoms with van der Waals surface area (Å²) in [6.07, 6.45) is -0.678. The van der Waals surface area contributed by atoms with Crippen LogP contribution in [0.15, 0.2) is 0 Å². The molecule has 0 radical (unpaired) electrons. The Kier molecular flexibility index (Phi) is 1.80. The van der Waals surface area contributed by atoms with Crippen molar-refractivity contribution in [3.63, 3.8) is 0 Å². The number of aromatic nitrogens is 2. The second-order valence-corrected chi connectivity index (χ2v) is 3.37. The molecule has 1 aliphatic rings. The number of rotatable bonds is 1. The summed E-state index contributed by atoms with van der Waals surface area (Å²) < 4.78 is 25.8. The monoisotopic (exact) mass is 202 g/mol. The van der Waals surface area contributed by atoms with E-state index in [0.29, 0.717) is 5.56 Å². The number of nitrogens with one attached hydrogen (secondary N) is 1. The number of hydrogen-bond acceptors (Lipinski definition) is 2. The lowest BCUT2D eigenvalue weighted by Crippen LogP contribution is -2.26. The van der Waals surface area contributed by atoms with Gasteiger partial charge in [-0.05, 0) is 6.42 Å². The highest BCUT2D eigenvalue weighted by molar-refractivity contribution is 5.87. The van der Waals surface area contributed by atoms with Gasteiger partial charge in [-0.15, -0.1) is 0 Å². The van der Waals surface area contributed by atoms with Crippen molar-refractivity contribution in [2.24, 2.45) is 0 Å². The first-order chi connectivity index (χ1) is 6.49. The van der Waals surface area contributed by atoms with Gasteiger partial charge in [-0.25, -0.2) is 13.6 Å². The molecular formula is C8H8F2N2O2. The van der Waals surface area contributed by atoms with Crippen molar-refractivity contribution < 1.29 is 18.7 Å². The number of nitrogens with zero attached hydrogens (tertiary/aromatic N) is 1. The van der Waals surface area contributed by atoms with Gasteiger partial charge >= 0.3 is 5.97 Å². The maximum Gasteiger partial charge on any atom is 0.356 e. The molecule has 0 atom stereocenters. The lowest BCUT2D eigenvalue weighted by molar-refractivity contribution is -0.0132. The molecule has 1 aromatic heterocycles. The molecular weight excluding hydrogens is 194 g/mol. The second kappa shape index (κ2) is 2.76. The topological polar surface area (TPSA) is 66.0 Å². The maximum absolute atomic E-state index is 12.9. The van der Waals surface area contributed by atoms with Crippen molar-refractivity contribution in [3.8, 4) is 0 Å². The Morgan fingerprint density at radius 1 is 1.57 bits per heavy atom. The Labute approximate surface area is 77.9 Å². The van der Waals surface area contributed by atoms with Gasteiger partial charge in [-0.1, -0.05) is 0 Å². The van der Waals surface area contributed by atoms with Crippen LogP contribution in [0.3, 0.4) is 0 Å². The average molecular weight is 202 g/mol. The lowest BCUT2D eigenvalue weighted by Gasteiger charge is -2.20. The van der Waals surface area contributed by atoms with E-state index in [-0.39, 0.29) is 24.2 Å². The number of aromatic carboxylic acids is 1. The van der Waals surface area contributed by atoms with Crippen LogP contribution in [0.4, 0.5) is 8.78 Å². The average Bonchev–Trinajstić information content (AvgIpc) is 2.44. The Morgan fingerprint density at radius 2 is 2.29 bits per heavy atom. The van der Waals surface area contributed by atoms with Crippen LogP contribution < -0.4 is 0 Å².